The van der Waals surface area contributed by atoms with Crippen LogP contribution in [0.5, 0.6) is 0 Å². The minimum Gasteiger partial charge on any atom is -0.268 e. The molecule has 0 unspecified atom stereocenters. The van der Waals surface area contributed by atoms with Gasteiger partial charge < -0.3 is 0 Å². The van der Waals surface area contributed by atoms with Crippen LogP contribution in [0, 0.1) is 0 Å². The molecule has 0 fully saturated rings. The van der Waals surface area contributed by atoms with Crippen LogP contribution in [0.4, 0.5) is 0 Å². The molecule has 450 valence electrons. The summed E-state index contributed by atoms with van der Waals surface area (Å²) in [4.78, 5) is 107. The quantitative estimate of drug-likeness (QED) is 0.111. The van der Waals surface area contributed by atoms with Gasteiger partial charge in [0.1, 0.15) is 0 Å². The molecule has 0 atom stereocenters. The van der Waals surface area contributed by atoms with Crippen molar-refractivity contribution in [2.45, 2.75) is 0 Å². The number of hydrogen-bond donors (Lipinski definition) is 0. The molecule has 20 heteroatoms. The smallest absolute Gasteiger partial charge is 0.268 e. The van der Waals surface area contributed by atoms with Crippen molar-refractivity contribution in [3.05, 3.63) is 334 Å². The summed E-state index contributed by atoms with van der Waals surface area (Å²) in [6.45, 7) is 0. The molecule has 14 aromatic heterocycles. The molecule has 0 N–H and O–H groups in total. The Morgan fingerprint density at radius 1 is 0.202 bits per heavy atom. The van der Waals surface area contributed by atoms with E-state index >= 15 is 0 Å². The first-order chi connectivity index (χ1) is 45.4. The number of rotatable bonds is 6. The van der Waals surface area contributed by atoms with E-state index in [4.69, 9.17) is 0 Å². The van der Waals surface area contributed by atoms with E-state index in [2.05, 4.69) is 59.8 Å². The van der Waals surface area contributed by atoms with Crippen LogP contribution < -0.4 is 22.2 Å². The molecule has 0 aliphatic heterocycles. The Kier molecular flexibility index (Phi) is 20.1. The Hall–Kier alpha value is -12.0. The van der Waals surface area contributed by atoms with Crippen LogP contribution in [0.15, 0.2) is 312 Å². The van der Waals surface area contributed by atoms with Crippen molar-refractivity contribution in [2.24, 2.45) is 0 Å². The SMILES string of the molecule is O=c1c2cc3c(=O)n(-c4cc5cccnc5c5ncccc45)c(=O)c3cc2c(=O)n1-c1cc2cccnc2c2ncccc12.[Ru+2].[Ru+2].c1ccc(-c2ccccn2)nc1.c1ccc(-c2ccccn2)nc1.c1ccc(-c2ccccn2)nc1.c1ccc(-c2ccccn2)nc1. The van der Waals surface area contributed by atoms with E-state index in [-0.39, 0.29) is 60.5 Å². The molecule has 17 rings (SSSR count). The monoisotopic (exact) mass is 1400 g/mol. The van der Waals surface area contributed by atoms with Crippen LogP contribution in [0.25, 0.3) is 122 Å². The fraction of sp³-hybridized carbons (Fsp3) is 0. The summed E-state index contributed by atoms with van der Waals surface area (Å²) >= 11 is 0. The van der Waals surface area contributed by atoms with E-state index in [1.807, 2.05) is 158 Å². The summed E-state index contributed by atoms with van der Waals surface area (Å²) in [6, 6.07) is 66.8. The fourth-order valence-electron chi connectivity index (χ4n) is 10.4. The average Bonchev–Trinajstić information content (AvgIpc) is 1.54. The molecule has 0 amide bonds. The summed E-state index contributed by atoms with van der Waals surface area (Å²) in [6.07, 6.45) is 20.7. The Morgan fingerprint density at radius 2 is 0.415 bits per heavy atom. The van der Waals surface area contributed by atoms with Crippen LogP contribution in [-0.4, -0.2) is 68.9 Å². The summed E-state index contributed by atoms with van der Waals surface area (Å²) in [5.41, 5.74) is 8.04. The Morgan fingerprint density at radius 3 is 0.638 bits per heavy atom. The number of pyridine rings is 12. The Labute approximate surface area is 560 Å². The van der Waals surface area contributed by atoms with Gasteiger partial charge in [0.2, 0.25) is 0 Å². The van der Waals surface area contributed by atoms with Crippen molar-refractivity contribution in [2.75, 3.05) is 0 Å². The van der Waals surface area contributed by atoms with Crippen LogP contribution in [-0.2, 0) is 39.0 Å². The number of fused-ring (bicyclic) bond motifs is 8. The van der Waals surface area contributed by atoms with Crippen molar-refractivity contribution in [1.82, 2.24) is 68.9 Å². The Balaban J connectivity index is 0.000000145. The zero-order valence-corrected chi connectivity index (χ0v) is 52.8. The standard InChI is InChI=1S/C34H16N6O4.4C10H8N2.2Ru/c41-31-21-15-23-24(34(44)40(33(23)43)26-14-18-6-2-10-36-28(18)30-20(26)8-4-12-38-30)16-22(21)32(42)39(31)25-13-17-5-1-9-35-27(17)29-19(25)7-3-11-37-29;4*1-3-7-11-9(5-1)10-6-2-4-8-12-10;;/h1-16H;4*1-8H;;/q;;;;;2*+2. The molecule has 0 radical (unpaired) electrons. The summed E-state index contributed by atoms with van der Waals surface area (Å²) < 4.78 is 2.16. The molecule has 94 heavy (non-hydrogen) atoms. The molecule has 0 saturated heterocycles. The maximum absolute atomic E-state index is 13.9. The van der Waals surface area contributed by atoms with Gasteiger partial charge in [0, 0.05) is 95.9 Å². The maximum Gasteiger partial charge on any atom is 2.00 e. The number of nitrogens with zero attached hydrogens (tertiary/aromatic N) is 14. The molecule has 17 aromatic rings. The molecule has 0 aliphatic rings. The largest absolute Gasteiger partial charge is 2.00 e. The van der Waals surface area contributed by atoms with E-state index in [1.54, 1.807) is 123 Å². The molecule has 14 heterocycles. The minimum absolute atomic E-state index is 0. The van der Waals surface area contributed by atoms with Crippen molar-refractivity contribution in [1.29, 1.82) is 0 Å². The van der Waals surface area contributed by atoms with Crippen LogP contribution in [0.3, 0.4) is 0 Å². The van der Waals surface area contributed by atoms with Crippen LogP contribution >= 0.6 is 0 Å². The second-order valence-electron chi connectivity index (χ2n) is 20.3. The van der Waals surface area contributed by atoms with Crippen molar-refractivity contribution >= 4 is 65.2 Å². The molecular formula is C74H48N14O4Ru2+4. The molecular weight excluding hydrogens is 1350 g/mol. The van der Waals surface area contributed by atoms with Gasteiger partial charge >= 0.3 is 39.0 Å². The van der Waals surface area contributed by atoms with E-state index in [0.717, 1.165) is 54.7 Å². The zero-order valence-electron chi connectivity index (χ0n) is 49.3. The molecule has 0 saturated carbocycles. The predicted molar refractivity (Wildman–Crippen MR) is 359 cm³/mol. The summed E-state index contributed by atoms with van der Waals surface area (Å²) in [5, 5.41) is 2.77. The van der Waals surface area contributed by atoms with Gasteiger partial charge in [-0.2, -0.15) is 0 Å². The topological polar surface area (TPSA) is 233 Å². The van der Waals surface area contributed by atoms with E-state index in [1.165, 1.54) is 12.1 Å². The van der Waals surface area contributed by atoms with Gasteiger partial charge in [-0.15, -0.1) is 0 Å². The predicted octanol–water partition coefficient (Wildman–Crippen LogP) is 12.7. The summed E-state index contributed by atoms with van der Waals surface area (Å²) in [7, 11) is 0. The van der Waals surface area contributed by atoms with Gasteiger partial charge in [-0.05, 0) is 158 Å². The van der Waals surface area contributed by atoms with E-state index in [0.29, 0.717) is 55.0 Å². The second kappa shape index (κ2) is 29.8. The second-order valence-corrected chi connectivity index (χ2v) is 20.3. The average molecular weight is 1400 g/mol. The van der Waals surface area contributed by atoms with Gasteiger partial charge in [-0.25, -0.2) is 9.13 Å². The van der Waals surface area contributed by atoms with Crippen molar-refractivity contribution in [3.63, 3.8) is 0 Å². The van der Waals surface area contributed by atoms with Gasteiger partial charge in [0.15, 0.2) is 0 Å². The zero-order chi connectivity index (χ0) is 62.6. The van der Waals surface area contributed by atoms with E-state index < -0.39 is 22.2 Å². The third-order valence-electron chi connectivity index (χ3n) is 14.6. The minimum atomic E-state index is -0.591. The molecule has 0 spiro atoms. The third-order valence-corrected chi connectivity index (χ3v) is 14.6. The van der Waals surface area contributed by atoms with Gasteiger partial charge in [-0.1, -0.05) is 60.7 Å². The normalized spacial score (nSPS) is 10.6. The third kappa shape index (κ3) is 13.6. The number of hydrogen-bond acceptors (Lipinski definition) is 16. The fourth-order valence-corrected chi connectivity index (χ4v) is 10.4. The van der Waals surface area contributed by atoms with Gasteiger partial charge in [0.05, 0.1) is 101 Å². The Bertz CT molecular complexity index is 4890. The first-order valence-corrected chi connectivity index (χ1v) is 28.9. The van der Waals surface area contributed by atoms with Crippen molar-refractivity contribution in [3.8, 4) is 56.9 Å². The maximum atomic E-state index is 13.9. The molecule has 0 bridgehead atoms. The molecule has 18 nitrogen and oxygen atoms in total. The van der Waals surface area contributed by atoms with Gasteiger partial charge in [-0.3, -0.25) is 79.0 Å². The first-order valence-electron chi connectivity index (χ1n) is 28.9. The van der Waals surface area contributed by atoms with Gasteiger partial charge in [0.25, 0.3) is 22.2 Å². The van der Waals surface area contributed by atoms with Crippen molar-refractivity contribution < 1.29 is 39.0 Å². The molecule has 3 aromatic carbocycles. The number of aromatic nitrogens is 14. The van der Waals surface area contributed by atoms with Crippen LogP contribution in [0.2, 0.25) is 0 Å². The number of benzene rings is 3. The summed E-state index contributed by atoms with van der Waals surface area (Å²) in [5.74, 6) is 0. The van der Waals surface area contributed by atoms with Crippen LogP contribution in [0.1, 0.15) is 0 Å². The molecule has 0 aliphatic carbocycles. The van der Waals surface area contributed by atoms with E-state index in [9.17, 15) is 19.2 Å². The first kappa shape index (κ1) is 63.6.